The number of hydrogen-bond acceptors (Lipinski definition) is 6. The van der Waals surface area contributed by atoms with E-state index in [0.717, 1.165) is 16.8 Å². The minimum Gasteiger partial charge on any atom is -0.411 e. The number of nitriles is 1. The van der Waals surface area contributed by atoms with Crippen molar-refractivity contribution < 1.29 is 9.21 Å². The molecule has 0 bridgehead atoms. The van der Waals surface area contributed by atoms with Crippen LogP contribution < -0.4 is 4.90 Å². The lowest BCUT2D eigenvalue weighted by Crippen LogP contribution is -2.33. The third kappa shape index (κ3) is 4.96. The minimum atomic E-state index is -0.112. The number of carbonyl (C=O) groups excluding carboxylic acids is 1. The molecule has 0 unspecified atom stereocenters. The molecule has 0 aliphatic carbocycles. The van der Waals surface area contributed by atoms with E-state index < -0.39 is 0 Å². The van der Waals surface area contributed by atoms with E-state index in [0.29, 0.717) is 17.7 Å². The number of anilines is 1. The Bertz CT molecular complexity index is 933. The fourth-order valence-corrected chi connectivity index (χ4v) is 3.09. The molecule has 27 heavy (non-hydrogen) atoms. The number of hydrogen-bond donors (Lipinski definition) is 0. The van der Waals surface area contributed by atoms with Crippen molar-refractivity contribution in [2.45, 2.75) is 18.6 Å². The fourth-order valence-electron chi connectivity index (χ4n) is 2.45. The van der Waals surface area contributed by atoms with Crippen LogP contribution in [0.4, 0.5) is 5.69 Å². The molecule has 0 N–H and O–H groups in total. The minimum absolute atomic E-state index is 0.112. The van der Waals surface area contributed by atoms with Gasteiger partial charge in [-0.3, -0.25) is 4.79 Å². The van der Waals surface area contributed by atoms with Gasteiger partial charge in [-0.1, -0.05) is 47.7 Å². The van der Waals surface area contributed by atoms with Gasteiger partial charge >= 0.3 is 0 Å². The van der Waals surface area contributed by atoms with Crippen LogP contribution in [0.25, 0.3) is 11.5 Å². The highest BCUT2D eigenvalue weighted by Gasteiger charge is 2.18. The highest BCUT2D eigenvalue weighted by atomic mass is 32.2. The molecule has 3 aromatic rings. The van der Waals surface area contributed by atoms with Gasteiger partial charge < -0.3 is 9.32 Å². The fraction of sp³-hybridized carbons (Fsp3) is 0.200. The largest absolute Gasteiger partial charge is 0.411 e. The van der Waals surface area contributed by atoms with Crippen LogP contribution in [0.3, 0.4) is 0 Å². The molecule has 2 aromatic carbocycles. The summed E-state index contributed by atoms with van der Waals surface area (Å²) in [7, 11) is 0. The second kappa shape index (κ2) is 9.01. The molecule has 0 aliphatic rings. The van der Waals surface area contributed by atoms with Crippen LogP contribution in [0.1, 0.15) is 12.0 Å². The van der Waals surface area contributed by atoms with E-state index in [1.807, 2.05) is 61.5 Å². The summed E-state index contributed by atoms with van der Waals surface area (Å²) < 4.78 is 5.62. The normalized spacial score (nSPS) is 10.4. The summed E-state index contributed by atoms with van der Waals surface area (Å²) in [5, 5.41) is 17.2. The molecule has 0 spiro atoms. The summed E-state index contributed by atoms with van der Waals surface area (Å²) in [5.74, 6) is 0.458. The van der Waals surface area contributed by atoms with Gasteiger partial charge in [0.1, 0.15) is 0 Å². The van der Waals surface area contributed by atoms with Crippen LogP contribution in [-0.2, 0) is 4.79 Å². The number of amides is 1. The smallest absolute Gasteiger partial charge is 0.277 e. The van der Waals surface area contributed by atoms with Crippen molar-refractivity contribution in [1.29, 1.82) is 5.26 Å². The quantitative estimate of drug-likeness (QED) is 0.576. The first kappa shape index (κ1) is 18.7. The van der Waals surface area contributed by atoms with Gasteiger partial charge in [-0.05, 0) is 31.2 Å². The molecule has 1 aromatic heterocycles. The van der Waals surface area contributed by atoms with Gasteiger partial charge in [0.25, 0.3) is 5.22 Å². The van der Waals surface area contributed by atoms with Crippen molar-refractivity contribution in [3.05, 3.63) is 60.2 Å². The van der Waals surface area contributed by atoms with Gasteiger partial charge in [-0.2, -0.15) is 5.26 Å². The van der Waals surface area contributed by atoms with Gasteiger partial charge in [0.15, 0.2) is 0 Å². The van der Waals surface area contributed by atoms with Crippen molar-refractivity contribution in [1.82, 2.24) is 10.2 Å². The Morgan fingerprint density at radius 3 is 2.59 bits per heavy atom. The van der Waals surface area contributed by atoms with E-state index >= 15 is 0 Å². The second-order valence-corrected chi connectivity index (χ2v) is 6.74. The van der Waals surface area contributed by atoms with Crippen molar-refractivity contribution in [3.63, 3.8) is 0 Å². The van der Waals surface area contributed by atoms with Crippen LogP contribution in [-0.4, -0.2) is 28.4 Å². The van der Waals surface area contributed by atoms with Gasteiger partial charge in [-0.15, -0.1) is 10.2 Å². The molecule has 1 heterocycles. The Morgan fingerprint density at radius 2 is 1.89 bits per heavy atom. The molecule has 1 amide bonds. The Kier molecular flexibility index (Phi) is 6.23. The zero-order valence-electron chi connectivity index (χ0n) is 14.8. The summed E-state index contributed by atoms with van der Waals surface area (Å²) in [4.78, 5) is 14.3. The lowest BCUT2D eigenvalue weighted by molar-refractivity contribution is -0.116. The maximum Gasteiger partial charge on any atom is 0.277 e. The highest BCUT2D eigenvalue weighted by Crippen LogP contribution is 2.24. The number of thioether (sulfide) groups is 1. The van der Waals surface area contributed by atoms with E-state index in [-0.39, 0.29) is 18.1 Å². The number of benzene rings is 2. The average Bonchev–Trinajstić information content (AvgIpc) is 3.18. The molecule has 0 saturated carbocycles. The third-order valence-corrected chi connectivity index (χ3v) is 4.64. The van der Waals surface area contributed by atoms with Gasteiger partial charge in [-0.25, -0.2) is 0 Å². The van der Waals surface area contributed by atoms with Crippen LogP contribution in [0, 0.1) is 18.3 Å². The van der Waals surface area contributed by atoms with E-state index in [2.05, 4.69) is 16.3 Å². The predicted octanol–water partition coefficient (Wildman–Crippen LogP) is 4.08. The van der Waals surface area contributed by atoms with Gasteiger partial charge in [0.2, 0.25) is 11.8 Å². The lowest BCUT2D eigenvalue weighted by Gasteiger charge is -2.21. The van der Waals surface area contributed by atoms with E-state index in [9.17, 15) is 4.79 Å². The number of carbonyl (C=O) groups is 1. The summed E-state index contributed by atoms with van der Waals surface area (Å²) >= 11 is 1.19. The van der Waals surface area contributed by atoms with Crippen molar-refractivity contribution in [2.75, 3.05) is 17.2 Å². The summed E-state index contributed by atoms with van der Waals surface area (Å²) in [6.07, 6.45) is 0.267. The summed E-state index contributed by atoms with van der Waals surface area (Å²) in [6.45, 7) is 2.33. The summed E-state index contributed by atoms with van der Waals surface area (Å²) in [5.41, 5.74) is 2.72. The topological polar surface area (TPSA) is 83.0 Å². The molecule has 3 rings (SSSR count). The Hall–Kier alpha value is -3.11. The zero-order chi connectivity index (χ0) is 19.1. The molecule has 0 fully saturated rings. The maximum atomic E-state index is 12.7. The van der Waals surface area contributed by atoms with E-state index in [1.54, 1.807) is 4.90 Å². The van der Waals surface area contributed by atoms with Crippen molar-refractivity contribution >= 4 is 23.4 Å². The number of nitrogens with zero attached hydrogens (tertiary/aromatic N) is 4. The molecular weight excluding hydrogens is 360 g/mol. The maximum absolute atomic E-state index is 12.7. The van der Waals surface area contributed by atoms with Gasteiger partial charge in [0.05, 0.1) is 18.2 Å². The first-order chi connectivity index (χ1) is 13.2. The van der Waals surface area contributed by atoms with Crippen LogP contribution >= 0.6 is 11.8 Å². The first-order valence-electron chi connectivity index (χ1n) is 8.43. The molecule has 7 heteroatoms. The molecule has 6 nitrogen and oxygen atoms in total. The Morgan fingerprint density at radius 1 is 1.15 bits per heavy atom. The predicted molar refractivity (Wildman–Crippen MR) is 104 cm³/mol. The van der Waals surface area contributed by atoms with Crippen LogP contribution in [0.15, 0.2) is 64.2 Å². The number of aromatic nitrogens is 2. The zero-order valence-corrected chi connectivity index (χ0v) is 15.6. The Labute approximate surface area is 161 Å². The Balaban J connectivity index is 1.66. The third-order valence-electron chi connectivity index (χ3n) is 3.84. The standard InChI is InChI=1S/C20H18N4O2S/c1-15-8-10-17(11-9-15)24(13-5-12-21)18(25)14-27-20-23-22-19(26-20)16-6-3-2-4-7-16/h2-4,6-11H,5,13-14H2,1H3. The lowest BCUT2D eigenvalue weighted by atomic mass is 10.2. The van der Waals surface area contributed by atoms with E-state index in [4.69, 9.17) is 9.68 Å². The first-order valence-corrected chi connectivity index (χ1v) is 9.41. The average molecular weight is 378 g/mol. The monoisotopic (exact) mass is 378 g/mol. The molecule has 0 radical (unpaired) electrons. The van der Waals surface area contributed by atoms with Crippen molar-refractivity contribution in [2.24, 2.45) is 0 Å². The second-order valence-electron chi connectivity index (χ2n) is 5.82. The van der Waals surface area contributed by atoms with Crippen LogP contribution in [0.5, 0.6) is 0 Å². The highest BCUT2D eigenvalue weighted by molar-refractivity contribution is 7.99. The molecule has 136 valence electrons. The SMILES string of the molecule is Cc1ccc(N(CCC#N)C(=O)CSc2nnc(-c3ccccc3)o2)cc1. The molecule has 0 atom stereocenters. The molecule has 0 aliphatic heterocycles. The summed E-state index contributed by atoms with van der Waals surface area (Å²) in [6, 6.07) is 19.2. The van der Waals surface area contributed by atoms with Crippen molar-refractivity contribution in [3.8, 4) is 17.5 Å². The molecular formula is C20H18N4O2S. The van der Waals surface area contributed by atoms with Crippen LogP contribution in [0.2, 0.25) is 0 Å². The molecule has 0 saturated heterocycles. The van der Waals surface area contributed by atoms with E-state index in [1.165, 1.54) is 11.8 Å². The van der Waals surface area contributed by atoms with Gasteiger partial charge in [0, 0.05) is 17.8 Å². The number of aryl methyl sites for hydroxylation is 1. The number of rotatable bonds is 7.